The standard InChI is InChI=1S/C22H25NO5S/c1-3-14-6-9-18-17(10-14)11-19(29-18)22(26)28-13-20(24)23-12-15-4-7-16(8-5-15)21(25)27-2/h4-5,7-8,11,14H,3,6,9-10,12-13H2,1-2H3,(H,23,24)/t14-/m1/s1. The number of aryl methyl sites for hydroxylation is 1. The number of benzene rings is 1. The summed E-state index contributed by atoms with van der Waals surface area (Å²) in [5.74, 6) is -0.542. The summed E-state index contributed by atoms with van der Waals surface area (Å²) in [6, 6.07) is 8.66. The maximum absolute atomic E-state index is 12.3. The number of ether oxygens (including phenoxy) is 2. The molecule has 154 valence electrons. The van der Waals surface area contributed by atoms with Gasteiger partial charge in [0.05, 0.1) is 12.7 Å². The van der Waals surface area contributed by atoms with Crippen LogP contribution >= 0.6 is 11.3 Å². The molecule has 0 saturated heterocycles. The Morgan fingerprint density at radius 1 is 1.17 bits per heavy atom. The van der Waals surface area contributed by atoms with Crippen LogP contribution in [0.1, 0.15) is 55.8 Å². The van der Waals surface area contributed by atoms with Crippen LogP contribution in [0, 0.1) is 5.92 Å². The Balaban J connectivity index is 1.45. The molecule has 0 saturated carbocycles. The van der Waals surface area contributed by atoms with E-state index in [9.17, 15) is 14.4 Å². The number of hydrogen-bond donors (Lipinski definition) is 1. The topological polar surface area (TPSA) is 81.7 Å². The van der Waals surface area contributed by atoms with Crippen molar-refractivity contribution in [3.8, 4) is 0 Å². The molecule has 0 aliphatic heterocycles. The second kappa shape index (κ2) is 9.69. The Kier molecular flexibility index (Phi) is 7.04. The van der Waals surface area contributed by atoms with Crippen LogP contribution in [-0.4, -0.2) is 31.6 Å². The highest BCUT2D eigenvalue weighted by Gasteiger charge is 2.23. The molecule has 7 heteroatoms. The largest absolute Gasteiger partial charge is 0.465 e. The quantitative estimate of drug-likeness (QED) is 0.700. The Labute approximate surface area is 174 Å². The number of rotatable bonds is 7. The van der Waals surface area contributed by atoms with Gasteiger partial charge in [-0.15, -0.1) is 11.3 Å². The Bertz CT molecular complexity index is 887. The number of esters is 2. The van der Waals surface area contributed by atoms with E-state index in [1.165, 1.54) is 35.3 Å². The van der Waals surface area contributed by atoms with E-state index in [-0.39, 0.29) is 19.1 Å². The van der Waals surface area contributed by atoms with Crippen LogP contribution in [0.25, 0.3) is 0 Å². The number of thiophene rings is 1. The lowest BCUT2D eigenvalue weighted by Gasteiger charge is -2.19. The van der Waals surface area contributed by atoms with E-state index in [4.69, 9.17) is 4.74 Å². The smallest absolute Gasteiger partial charge is 0.348 e. The molecule has 0 radical (unpaired) electrons. The number of fused-ring (bicyclic) bond motifs is 1. The molecule has 1 aliphatic carbocycles. The van der Waals surface area contributed by atoms with Gasteiger partial charge in [0.25, 0.3) is 5.91 Å². The van der Waals surface area contributed by atoms with Crippen molar-refractivity contribution in [2.24, 2.45) is 5.92 Å². The van der Waals surface area contributed by atoms with Gasteiger partial charge in [-0.2, -0.15) is 0 Å². The fourth-order valence-electron chi connectivity index (χ4n) is 3.38. The van der Waals surface area contributed by atoms with Crippen LogP contribution in [0.4, 0.5) is 0 Å². The fraction of sp³-hybridized carbons (Fsp3) is 0.409. The first-order valence-corrected chi connectivity index (χ1v) is 10.5. The number of carbonyl (C=O) groups excluding carboxylic acids is 3. The molecule has 1 heterocycles. The Hall–Kier alpha value is -2.67. The molecular weight excluding hydrogens is 390 g/mol. The molecule has 2 aromatic rings. The summed E-state index contributed by atoms with van der Waals surface area (Å²) in [7, 11) is 1.32. The molecule has 29 heavy (non-hydrogen) atoms. The Morgan fingerprint density at radius 3 is 2.62 bits per heavy atom. The van der Waals surface area contributed by atoms with Gasteiger partial charge < -0.3 is 14.8 Å². The highest BCUT2D eigenvalue weighted by atomic mass is 32.1. The molecule has 0 spiro atoms. The predicted octanol–water partition coefficient (Wildman–Crippen LogP) is 3.52. The van der Waals surface area contributed by atoms with Gasteiger partial charge in [0.15, 0.2) is 6.61 Å². The van der Waals surface area contributed by atoms with Crippen molar-refractivity contribution >= 4 is 29.2 Å². The normalized spacial score (nSPS) is 15.3. The lowest BCUT2D eigenvalue weighted by molar-refractivity contribution is -0.124. The second-order valence-corrected chi connectivity index (χ2v) is 8.25. The van der Waals surface area contributed by atoms with Crippen molar-refractivity contribution in [2.75, 3.05) is 13.7 Å². The molecule has 1 amide bonds. The lowest BCUT2D eigenvalue weighted by atomic mass is 9.87. The lowest BCUT2D eigenvalue weighted by Crippen LogP contribution is -2.28. The molecule has 1 atom stereocenters. The summed E-state index contributed by atoms with van der Waals surface area (Å²) >= 11 is 1.48. The van der Waals surface area contributed by atoms with Crippen LogP contribution in [0.5, 0.6) is 0 Å². The van der Waals surface area contributed by atoms with Crippen molar-refractivity contribution < 1.29 is 23.9 Å². The summed E-state index contributed by atoms with van der Waals surface area (Å²) < 4.78 is 9.82. The van der Waals surface area contributed by atoms with Gasteiger partial charge in [0.2, 0.25) is 0 Å². The third kappa shape index (κ3) is 5.44. The molecule has 3 rings (SSSR count). The highest BCUT2D eigenvalue weighted by Crippen LogP contribution is 2.33. The van der Waals surface area contributed by atoms with Gasteiger partial charge >= 0.3 is 11.9 Å². The molecule has 1 aromatic carbocycles. The van der Waals surface area contributed by atoms with Gasteiger partial charge in [-0.25, -0.2) is 9.59 Å². The third-order valence-electron chi connectivity index (χ3n) is 5.16. The number of methoxy groups -OCH3 is 1. The number of amides is 1. The van der Waals surface area contributed by atoms with Crippen molar-refractivity contribution in [1.82, 2.24) is 5.32 Å². The molecule has 1 aromatic heterocycles. The van der Waals surface area contributed by atoms with Crippen molar-refractivity contribution in [3.05, 3.63) is 56.8 Å². The van der Waals surface area contributed by atoms with Crippen LogP contribution < -0.4 is 5.32 Å². The van der Waals surface area contributed by atoms with Crippen LogP contribution in [0.2, 0.25) is 0 Å². The minimum Gasteiger partial charge on any atom is -0.465 e. The summed E-state index contributed by atoms with van der Waals surface area (Å²) in [6.07, 6.45) is 4.36. The first kappa shape index (κ1) is 21.0. The zero-order valence-corrected chi connectivity index (χ0v) is 17.5. The summed E-state index contributed by atoms with van der Waals surface area (Å²) in [6.45, 7) is 2.16. The van der Waals surface area contributed by atoms with Gasteiger partial charge in [-0.3, -0.25) is 4.79 Å². The maximum atomic E-state index is 12.3. The van der Waals surface area contributed by atoms with Gasteiger partial charge in [-0.1, -0.05) is 25.5 Å². The van der Waals surface area contributed by atoms with E-state index < -0.39 is 11.9 Å². The monoisotopic (exact) mass is 415 g/mol. The van der Waals surface area contributed by atoms with Crippen LogP contribution in [0.15, 0.2) is 30.3 Å². The van der Waals surface area contributed by atoms with Gasteiger partial charge in [0.1, 0.15) is 4.88 Å². The van der Waals surface area contributed by atoms with E-state index in [2.05, 4.69) is 17.0 Å². The van der Waals surface area contributed by atoms with Crippen molar-refractivity contribution in [3.63, 3.8) is 0 Å². The fourth-order valence-corrected chi connectivity index (χ4v) is 4.48. The molecule has 0 unspecified atom stereocenters. The summed E-state index contributed by atoms with van der Waals surface area (Å²) in [4.78, 5) is 37.5. The average molecular weight is 416 g/mol. The predicted molar refractivity (Wildman–Crippen MR) is 110 cm³/mol. The van der Waals surface area contributed by atoms with E-state index in [0.29, 0.717) is 16.4 Å². The zero-order chi connectivity index (χ0) is 20.8. The molecule has 6 nitrogen and oxygen atoms in total. The third-order valence-corrected chi connectivity index (χ3v) is 6.38. The SMILES string of the molecule is CC[C@@H]1CCc2sc(C(=O)OCC(=O)NCc3ccc(C(=O)OC)cc3)cc2C1. The van der Waals surface area contributed by atoms with Crippen molar-refractivity contribution in [1.29, 1.82) is 0 Å². The average Bonchev–Trinajstić information content (AvgIpc) is 3.19. The van der Waals surface area contributed by atoms with Gasteiger partial charge in [-0.05, 0) is 54.5 Å². The van der Waals surface area contributed by atoms with Crippen LogP contribution in [0.3, 0.4) is 0 Å². The van der Waals surface area contributed by atoms with E-state index >= 15 is 0 Å². The first-order chi connectivity index (χ1) is 14.0. The van der Waals surface area contributed by atoms with E-state index in [0.717, 1.165) is 24.8 Å². The first-order valence-electron chi connectivity index (χ1n) is 9.72. The summed E-state index contributed by atoms with van der Waals surface area (Å²) in [5, 5.41) is 2.70. The zero-order valence-electron chi connectivity index (χ0n) is 16.7. The molecule has 0 fully saturated rings. The molecule has 0 bridgehead atoms. The van der Waals surface area contributed by atoms with E-state index in [1.54, 1.807) is 24.3 Å². The number of hydrogen-bond acceptors (Lipinski definition) is 6. The van der Waals surface area contributed by atoms with Gasteiger partial charge in [0, 0.05) is 11.4 Å². The molecule has 1 N–H and O–H groups in total. The highest BCUT2D eigenvalue weighted by molar-refractivity contribution is 7.14. The maximum Gasteiger partial charge on any atom is 0.348 e. The van der Waals surface area contributed by atoms with Crippen LogP contribution in [-0.2, 0) is 33.7 Å². The Morgan fingerprint density at radius 2 is 1.93 bits per heavy atom. The molecule has 1 aliphatic rings. The number of carbonyl (C=O) groups is 3. The van der Waals surface area contributed by atoms with Crippen molar-refractivity contribution in [2.45, 2.75) is 39.2 Å². The van der Waals surface area contributed by atoms with E-state index in [1.807, 2.05) is 6.07 Å². The summed E-state index contributed by atoms with van der Waals surface area (Å²) in [5.41, 5.74) is 2.52. The number of nitrogens with one attached hydrogen (secondary N) is 1. The minimum atomic E-state index is -0.449. The minimum absolute atomic E-state index is 0.281. The second-order valence-electron chi connectivity index (χ2n) is 7.12. The molecular formula is C22H25NO5S.